The van der Waals surface area contributed by atoms with Gasteiger partial charge in [0.25, 0.3) is 5.91 Å². The third-order valence-corrected chi connectivity index (χ3v) is 7.08. The van der Waals surface area contributed by atoms with E-state index in [4.69, 9.17) is 0 Å². The van der Waals surface area contributed by atoms with Crippen LogP contribution >= 0.6 is 34.4 Å². The molecule has 2 amide bonds. The summed E-state index contributed by atoms with van der Waals surface area (Å²) in [5.74, 6) is 0.0528. The van der Waals surface area contributed by atoms with E-state index < -0.39 is 0 Å². The number of nitrogens with zero attached hydrogens (tertiary/aromatic N) is 1. The van der Waals surface area contributed by atoms with E-state index in [1.165, 1.54) is 34.4 Å². The molecule has 0 saturated carbocycles. The smallest absolute Gasteiger partial charge is 0.265 e. The van der Waals surface area contributed by atoms with Gasteiger partial charge in [0.15, 0.2) is 5.13 Å². The number of aromatic nitrogens is 1. The zero-order chi connectivity index (χ0) is 21.6. The second-order valence-corrected chi connectivity index (χ2v) is 9.78. The van der Waals surface area contributed by atoms with Crippen LogP contribution in [0.1, 0.15) is 14.5 Å². The number of carbonyl (C=O) groups excluding carboxylic acids is 2. The predicted molar refractivity (Wildman–Crippen MR) is 130 cm³/mol. The van der Waals surface area contributed by atoms with Crippen LogP contribution in [0, 0.1) is 6.92 Å². The lowest BCUT2D eigenvalue weighted by Gasteiger charge is -2.06. The molecule has 0 aliphatic rings. The van der Waals surface area contributed by atoms with Crippen molar-refractivity contribution in [2.24, 2.45) is 0 Å². The maximum atomic E-state index is 12.4. The average Bonchev–Trinajstić information content (AvgIpc) is 3.44. The first-order valence-electron chi connectivity index (χ1n) is 9.49. The van der Waals surface area contributed by atoms with Crippen molar-refractivity contribution < 1.29 is 9.59 Å². The number of amides is 2. The van der Waals surface area contributed by atoms with E-state index in [2.05, 4.69) is 15.6 Å². The highest BCUT2D eigenvalue weighted by atomic mass is 32.2. The van der Waals surface area contributed by atoms with Crippen LogP contribution in [0.2, 0.25) is 0 Å². The minimum atomic E-state index is -0.122. The van der Waals surface area contributed by atoms with Gasteiger partial charge in [0.2, 0.25) is 5.91 Å². The molecule has 8 heteroatoms. The molecule has 5 nitrogen and oxygen atoms in total. The first-order chi connectivity index (χ1) is 15.1. The minimum absolute atomic E-state index is 0.103. The van der Waals surface area contributed by atoms with Crippen molar-refractivity contribution in [2.75, 3.05) is 16.4 Å². The number of thiazole rings is 1. The Morgan fingerprint density at radius 3 is 2.45 bits per heavy atom. The van der Waals surface area contributed by atoms with Crippen LogP contribution in [-0.2, 0) is 4.79 Å². The summed E-state index contributed by atoms with van der Waals surface area (Å²) in [6.45, 7) is 2.00. The Balaban J connectivity index is 1.29. The molecule has 0 bridgehead atoms. The molecule has 0 unspecified atom stereocenters. The van der Waals surface area contributed by atoms with Crippen LogP contribution in [0.4, 0.5) is 10.8 Å². The van der Waals surface area contributed by atoms with Gasteiger partial charge in [-0.2, -0.15) is 0 Å². The number of anilines is 2. The summed E-state index contributed by atoms with van der Waals surface area (Å²) in [6.07, 6.45) is 0. The molecule has 0 spiro atoms. The average molecular weight is 466 g/mol. The zero-order valence-electron chi connectivity index (χ0n) is 16.6. The molecule has 0 aliphatic heterocycles. The Bertz CT molecular complexity index is 1170. The van der Waals surface area contributed by atoms with E-state index in [0.29, 0.717) is 10.0 Å². The largest absolute Gasteiger partial charge is 0.321 e. The number of nitrogens with one attached hydrogen (secondary N) is 2. The lowest BCUT2D eigenvalue weighted by atomic mass is 10.1. The fourth-order valence-corrected chi connectivity index (χ4v) is 5.02. The molecule has 0 atom stereocenters. The molecule has 0 fully saturated rings. The van der Waals surface area contributed by atoms with Crippen molar-refractivity contribution in [3.63, 3.8) is 0 Å². The van der Waals surface area contributed by atoms with Gasteiger partial charge in [0, 0.05) is 21.0 Å². The summed E-state index contributed by atoms with van der Waals surface area (Å²) >= 11 is 4.31. The van der Waals surface area contributed by atoms with E-state index >= 15 is 0 Å². The van der Waals surface area contributed by atoms with Crippen LogP contribution in [0.15, 0.2) is 77.0 Å². The number of benzene rings is 2. The van der Waals surface area contributed by atoms with Crippen LogP contribution in [0.3, 0.4) is 0 Å². The summed E-state index contributed by atoms with van der Waals surface area (Å²) in [6, 6.07) is 21.0. The van der Waals surface area contributed by atoms with Gasteiger partial charge in [0.1, 0.15) is 0 Å². The molecule has 4 aromatic rings. The number of thiophene rings is 1. The molecular weight excluding hydrogens is 446 g/mol. The fraction of sp³-hybridized carbons (Fsp3) is 0.0870. The summed E-state index contributed by atoms with van der Waals surface area (Å²) < 4.78 is 0. The number of hydrogen-bond donors (Lipinski definition) is 2. The van der Waals surface area contributed by atoms with Gasteiger partial charge >= 0.3 is 0 Å². The number of rotatable bonds is 7. The van der Waals surface area contributed by atoms with Gasteiger partial charge in [-0.25, -0.2) is 4.98 Å². The van der Waals surface area contributed by atoms with Gasteiger partial charge in [-0.05, 0) is 42.6 Å². The Labute approximate surface area is 192 Å². The first kappa shape index (κ1) is 21.3. The Hall–Kier alpha value is -2.94. The Kier molecular flexibility index (Phi) is 6.81. The van der Waals surface area contributed by atoms with Crippen LogP contribution < -0.4 is 10.6 Å². The van der Waals surface area contributed by atoms with Gasteiger partial charge < -0.3 is 10.6 Å². The highest BCUT2D eigenvalue weighted by molar-refractivity contribution is 8.00. The summed E-state index contributed by atoms with van der Waals surface area (Å²) in [5.41, 5.74) is 2.66. The highest BCUT2D eigenvalue weighted by Gasteiger charge is 2.12. The number of thioether (sulfide) groups is 1. The molecule has 0 radical (unpaired) electrons. The molecule has 2 heterocycles. The first-order valence-corrected chi connectivity index (χ1v) is 12.2. The number of aryl methyl sites for hydroxylation is 1. The third kappa shape index (κ3) is 5.61. The fourth-order valence-electron chi connectivity index (χ4n) is 2.85. The zero-order valence-corrected chi connectivity index (χ0v) is 19.1. The van der Waals surface area contributed by atoms with Crippen molar-refractivity contribution in [1.82, 2.24) is 4.98 Å². The SMILES string of the molecule is Cc1sc(NC(=O)CSc2ccc(NC(=O)c3cccs3)cc2)nc1-c1ccccc1. The normalized spacial score (nSPS) is 10.6. The second kappa shape index (κ2) is 9.91. The van der Waals surface area contributed by atoms with E-state index in [1.54, 1.807) is 6.07 Å². The molecule has 2 aromatic carbocycles. The topological polar surface area (TPSA) is 71.1 Å². The van der Waals surface area contributed by atoms with Crippen molar-refractivity contribution in [3.05, 3.63) is 81.9 Å². The molecule has 156 valence electrons. The molecule has 2 N–H and O–H groups in total. The minimum Gasteiger partial charge on any atom is -0.321 e. The van der Waals surface area contributed by atoms with Gasteiger partial charge in [0.05, 0.1) is 16.3 Å². The lowest BCUT2D eigenvalue weighted by Crippen LogP contribution is -2.13. The quantitative estimate of drug-likeness (QED) is 0.321. The third-order valence-electron chi connectivity index (χ3n) is 4.32. The number of carbonyl (C=O) groups is 2. The Morgan fingerprint density at radius 2 is 1.74 bits per heavy atom. The lowest BCUT2D eigenvalue weighted by molar-refractivity contribution is -0.113. The maximum absolute atomic E-state index is 12.4. The van der Waals surface area contributed by atoms with Gasteiger partial charge in [-0.3, -0.25) is 9.59 Å². The molecule has 2 aromatic heterocycles. The summed E-state index contributed by atoms with van der Waals surface area (Å²) in [7, 11) is 0. The highest BCUT2D eigenvalue weighted by Crippen LogP contribution is 2.30. The Morgan fingerprint density at radius 1 is 0.968 bits per heavy atom. The van der Waals surface area contributed by atoms with Crippen molar-refractivity contribution in [1.29, 1.82) is 0 Å². The van der Waals surface area contributed by atoms with Crippen molar-refractivity contribution >= 4 is 57.1 Å². The second-order valence-electron chi connectivity index (χ2n) is 6.58. The van der Waals surface area contributed by atoms with Gasteiger partial charge in [-0.1, -0.05) is 36.4 Å². The summed E-state index contributed by atoms with van der Waals surface area (Å²) in [5, 5.41) is 8.23. The van der Waals surface area contributed by atoms with Gasteiger partial charge in [-0.15, -0.1) is 34.4 Å². The van der Waals surface area contributed by atoms with Crippen LogP contribution in [0.5, 0.6) is 0 Å². The monoisotopic (exact) mass is 465 g/mol. The van der Waals surface area contributed by atoms with Crippen LogP contribution in [-0.4, -0.2) is 22.6 Å². The van der Waals surface area contributed by atoms with Crippen LogP contribution in [0.25, 0.3) is 11.3 Å². The molecular formula is C23H19N3O2S3. The maximum Gasteiger partial charge on any atom is 0.265 e. The molecule has 0 aliphatic carbocycles. The molecule has 0 saturated heterocycles. The molecule has 31 heavy (non-hydrogen) atoms. The van der Waals surface area contributed by atoms with E-state index in [1.807, 2.05) is 73.0 Å². The van der Waals surface area contributed by atoms with E-state index in [-0.39, 0.29) is 17.6 Å². The standard InChI is InChI=1S/C23H19N3O2S3/c1-15-21(16-6-3-2-4-7-16)26-23(31-15)25-20(27)14-30-18-11-9-17(10-12-18)24-22(28)19-8-5-13-29-19/h2-13H,14H2,1H3,(H,24,28)(H,25,26,27). The molecule has 4 rings (SSSR count). The van der Waals surface area contributed by atoms with E-state index in [0.717, 1.165) is 26.7 Å². The predicted octanol–water partition coefficient (Wildman–Crippen LogP) is 6.16. The van der Waals surface area contributed by atoms with E-state index in [9.17, 15) is 9.59 Å². The number of hydrogen-bond acceptors (Lipinski definition) is 6. The van der Waals surface area contributed by atoms with Crippen molar-refractivity contribution in [3.8, 4) is 11.3 Å². The summed E-state index contributed by atoms with van der Waals surface area (Å²) in [4.78, 5) is 31.7. The van der Waals surface area contributed by atoms with Crippen molar-refractivity contribution in [2.45, 2.75) is 11.8 Å².